The zero-order valence-electron chi connectivity index (χ0n) is 5.79. The van der Waals surface area contributed by atoms with Crippen LogP contribution in [0.3, 0.4) is 0 Å². The van der Waals surface area contributed by atoms with Crippen LogP contribution in [-0.2, 0) is 0 Å². The maximum Gasteiger partial charge on any atom is 0.243 e. The third-order valence-corrected chi connectivity index (χ3v) is 1.69. The zero-order chi connectivity index (χ0) is 7.56. The molecule has 0 N–H and O–H groups in total. The average molecular weight is 155 g/mol. The van der Waals surface area contributed by atoms with Crippen LogP contribution in [0, 0.1) is 6.20 Å². The van der Waals surface area contributed by atoms with Crippen LogP contribution in [0.25, 0.3) is 0 Å². The summed E-state index contributed by atoms with van der Waals surface area (Å²) in [5.41, 5.74) is 0. The highest BCUT2D eigenvalue weighted by molar-refractivity contribution is 7.98. The van der Waals surface area contributed by atoms with Gasteiger partial charge in [0, 0.05) is 13.1 Å². The van der Waals surface area contributed by atoms with Gasteiger partial charge < -0.3 is 0 Å². The maximum atomic E-state index is 10.6. The molecule has 0 aliphatic carbocycles. The van der Waals surface area contributed by atoms with Gasteiger partial charge >= 0.3 is 0 Å². The van der Waals surface area contributed by atoms with Crippen LogP contribution in [0.4, 0.5) is 0 Å². The second kappa shape index (κ2) is 2.88. The van der Waals surface area contributed by atoms with E-state index in [2.05, 4.69) is 11.3 Å². The van der Waals surface area contributed by atoms with Crippen molar-refractivity contribution in [3.05, 3.63) is 12.4 Å². The van der Waals surface area contributed by atoms with Crippen molar-refractivity contribution < 1.29 is 4.79 Å². The molecule has 10 heavy (non-hydrogen) atoms. The lowest BCUT2D eigenvalue weighted by Crippen LogP contribution is -2.04. The fraction of sp³-hybridized carbons (Fsp3) is 0.333. The van der Waals surface area contributed by atoms with E-state index in [1.165, 1.54) is 23.4 Å². The minimum atomic E-state index is -0.0865. The van der Waals surface area contributed by atoms with E-state index < -0.39 is 0 Å². The van der Waals surface area contributed by atoms with Crippen molar-refractivity contribution in [3.63, 3.8) is 0 Å². The van der Waals surface area contributed by atoms with Crippen LogP contribution < -0.4 is 0 Å². The van der Waals surface area contributed by atoms with Crippen LogP contribution in [0.1, 0.15) is 11.7 Å². The molecular formula is C6H7N2OS. The number of nitrogens with zero attached hydrogens (tertiary/aromatic N) is 2. The van der Waals surface area contributed by atoms with E-state index in [-0.39, 0.29) is 5.91 Å². The molecule has 0 fully saturated rings. The van der Waals surface area contributed by atoms with E-state index in [1.807, 2.05) is 6.26 Å². The van der Waals surface area contributed by atoms with Gasteiger partial charge in [0.15, 0.2) is 0 Å². The summed E-state index contributed by atoms with van der Waals surface area (Å²) < 4.78 is 1.27. The highest BCUT2D eigenvalue weighted by Crippen LogP contribution is 2.10. The molecule has 53 valence electrons. The van der Waals surface area contributed by atoms with Gasteiger partial charge in [-0.15, -0.1) is 11.8 Å². The van der Waals surface area contributed by atoms with Crippen molar-refractivity contribution in [2.75, 3.05) is 6.26 Å². The molecule has 0 aliphatic rings. The second-order valence-electron chi connectivity index (χ2n) is 1.77. The van der Waals surface area contributed by atoms with Crippen LogP contribution >= 0.6 is 11.8 Å². The van der Waals surface area contributed by atoms with Gasteiger partial charge in [0.25, 0.3) is 0 Å². The standard InChI is InChI=1S/C6H7N2OS/c1-5(9)8-4-6(10-2)3-7-8/h4H,1-2H3. The van der Waals surface area contributed by atoms with Gasteiger partial charge in [-0.25, -0.2) is 4.68 Å². The van der Waals surface area contributed by atoms with E-state index in [4.69, 9.17) is 0 Å². The molecule has 0 saturated heterocycles. The molecule has 1 heterocycles. The predicted molar refractivity (Wildman–Crippen MR) is 39.1 cm³/mol. The Morgan fingerprint density at radius 1 is 1.90 bits per heavy atom. The first-order chi connectivity index (χ1) is 4.74. The highest BCUT2D eigenvalue weighted by Gasteiger charge is 1.99. The van der Waals surface area contributed by atoms with E-state index in [0.717, 1.165) is 4.90 Å². The molecule has 0 aliphatic heterocycles. The first kappa shape index (κ1) is 7.34. The monoisotopic (exact) mass is 155 g/mol. The number of hydrogen-bond acceptors (Lipinski definition) is 3. The first-order valence-electron chi connectivity index (χ1n) is 2.76. The lowest BCUT2D eigenvalue weighted by molar-refractivity contribution is 0.0921. The Balaban J connectivity index is 2.88. The van der Waals surface area contributed by atoms with Gasteiger partial charge in [0.05, 0.1) is 4.90 Å². The second-order valence-corrected chi connectivity index (χ2v) is 2.62. The van der Waals surface area contributed by atoms with Gasteiger partial charge in [0.2, 0.25) is 5.91 Å². The smallest absolute Gasteiger partial charge is 0.243 e. The number of carbonyl (C=O) groups is 1. The highest BCUT2D eigenvalue weighted by atomic mass is 32.2. The summed E-state index contributed by atoms with van der Waals surface area (Å²) in [4.78, 5) is 11.5. The summed E-state index contributed by atoms with van der Waals surface area (Å²) in [6.07, 6.45) is 6.27. The molecule has 4 heteroatoms. The van der Waals surface area contributed by atoms with Crippen molar-refractivity contribution in [2.24, 2.45) is 0 Å². The van der Waals surface area contributed by atoms with Crippen molar-refractivity contribution in [1.29, 1.82) is 0 Å². The molecule has 0 bridgehead atoms. The number of rotatable bonds is 1. The molecule has 1 rings (SSSR count). The largest absolute Gasteiger partial charge is 0.273 e. The number of hydrogen-bond donors (Lipinski definition) is 0. The Labute approximate surface area is 63.4 Å². The van der Waals surface area contributed by atoms with E-state index in [1.54, 1.807) is 6.20 Å². The van der Waals surface area contributed by atoms with Crippen LogP contribution in [0.2, 0.25) is 0 Å². The van der Waals surface area contributed by atoms with E-state index in [9.17, 15) is 4.79 Å². The molecule has 0 atom stereocenters. The summed E-state index contributed by atoms with van der Waals surface area (Å²) in [7, 11) is 0. The summed E-state index contributed by atoms with van der Waals surface area (Å²) in [6.45, 7) is 1.46. The normalized spacial score (nSPS) is 9.80. The van der Waals surface area contributed by atoms with Gasteiger partial charge in [0.1, 0.15) is 6.20 Å². The summed E-state index contributed by atoms with van der Waals surface area (Å²) in [5.74, 6) is -0.0865. The maximum absolute atomic E-state index is 10.6. The lowest BCUT2D eigenvalue weighted by atomic mass is 10.7. The van der Waals surface area contributed by atoms with Crippen molar-refractivity contribution in [2.45, 2.75) is 11.8 Å². The molecule has 0 unspecified atom stereocenters. The minimum absolute atomic E-state index is 0.0865. The summed E-state index contributed by atoms with van der Waals surface area (Å²) >= 11 is 1.52. The van der Waals surface area contributed by atoms with Crippen molar-refractivity contribution >= 4 is 17.7 Å². The predicted octanol–water partition coefficient (Wildman–Crippen LogP) is 1.07. The zero-order valence-corrected chi connectivity index (χ0v) is 6.60. The molecule has 1 radical (unpaired) electrons. The molecule has 3 nitrogen and oxygen atoms in total. The number of thioether (sulfide) groups is 1. The van der Waals surface area contributed by atoms with Gasteiger partial charge in [-0.2, -0.15) is 5.10 Å². The Hall–Kier alpha value is -0.770. The van der Waals surface area contributed by atoms with Gasteiger partial charge in [-0.1, -0.05) is 0 Å². The quantitative estimate of drug-likeness (QED) is 0.569. The Morgan fingerprint density at radius 3 is 2.90 bits per heavy atom. The van der Waals surface area contributed by atoms with E-state index in [0.29, 0.717) is 0 Å². The number of aromatic nitrogens is 2. The molecule has 0 spiro atoms. The third kappa shape index (κ3) is 1.39. The SMILES string of the molecule is CSc1[c]nn(C(C)=O)c1. The molecular weight excluding hydrogens is 148 g/mol. The van der Waals surface area contributed by atoms with Crippen molar-refractivity contribution in [3.8, 4) is 0 Å². The lowest BCUT2D eigenvalue weighted by Gasteiger charge is -1.88. The molecule has 0 saturated carbocycles. The molecule has 1 aromatic rings. The average Bonchev–Trinajstić information content (AvgIpc) is 2.34. The van der Waals surface area contributed by atoms with Gasteiger partial charge in [-0.3, -0.25) is 4.79 Å². The molecule has 1 aromatic heterocycles. The van der Waals surface area contributed by atoms with Gasteiger partial charge in [-0.05, 0) is 6.26 Å². The van der Waals surface area contributed by atoms with E-state index >= 15 is 0 Å². The Bertz CT molecular complexity index is 244. The number of carbonyl (C=O) groups excluding carboxylic acids is 1. The summed E-state index contributed by atoms with van der Waals surface area (Å²) in [6, 6.07) is 0. The van der Waals surface area contributed by atoms with Crippen LogP contribution in [0.5, 0.6) is 0 Å². The fourth-order valence-electron chi connectivity index (χ4n) is 0.532. The Kier molecular flexibility index (Phi) is 2.11. The molecule has 0 amide bonds. The summed E-state index contributed by atoms with van der Waals surface area (Å²) in [5, 5.41) is 3.71. The van der Waals surface area contributed by atoms with Crippen molar-refractivity contribution in [1.82, 2.24) is 9.78 Å². The van der Waals surface area contributed by atoms with Crippen LogP contribution in [0.15, 0.2) is 11.1 Å². The van der Waals surface area contributed by atoms with Crippen LogP contribution in [-0.4, -0.2) is 21.9 Å². The first-order valence-corrected chi connectivity index (χ1v) is 3.99. The minimum Gasteiger partial charge on any atom is -0.273 e. The Morgan fingerprint density at radius 2 is 2.60 bits per heavy atom. The topological polar surface area (TPSA) is 34.9 Å². The fourth-order valence-corrected chi connectivity index (χ4v) is 0.869. The molecule has 0 aromatic carbocycles. The third-order valence-electron chi connectivity index (χ3n) is 1.05.